The van der Waals surface area contributed by atoms with Gasteiger partial charge in [0, 0.05) is 11.8 Å². The number of amides is 1. The van der Waals surface area contributed by atoms with Crippen molar-refractivity contribution in [3.63, 3.8) is 0 Å². The number of aliphatic carboxylic acids is 1. The normalized spacial score (nSPS) is 24.3. The number of carbonyl (C=O) groups excluding carboxylic acids is 1. The van der Waals surface area contributed by atoms with E-state index >= 15 is 0 Å². The van der Waals surface area contributed by atoms with Crippen LogP contribution in [0.25, 0.3) is 0 Å². The number of hydrogen-bond acceptors (Lipinski definition) is 3. The van der Waals surface area contributed by atoms with E-state index in [-0.39, 0.29) is 12.3 Å². The Hall–Kier alpha value is -0.710. The fraction of sp³-hybridized carbons (Fsp3) is 0.833. The van der Waals surface area contributed by atoms with Crippen LogP contribution in [-0.4, -0.2) is 34.5 Å². The smallest absolute Gasteiger partial charge is 0.304 e. The quantitative estimate of drug-likeness (QED) is 0.715. The summed E-state index contributed by atoms with van der Waals surface area (Å²) < 4.78 is 0. The number of carboxylic acid groups (broad SMARTS) is 1. The van der Waals surface area contributed by atoms with Crippen LogP contribution in [0.5, 0.6) is 0 Å². The highest BCUT2D eigenvalue weighted by Crippen LogP contribution is 2.23. The van der Waals surface area contributed by atoms with Gasteiger partial charge in [0.1, 0.15) is 0 Å². The molecule has 1 aliphatic carbocycles. The van der Waals surface area contributed by atoms with Crippen LogP contribution < -0.4 is 5.32 Å². The SMILES string of the molecule is C[C@@H]1CCCC[C@H]1NC(=O)CSCCC(=O)O. The Kier molecular flexibility index (Phi) is 6.40. The Balaban J connectivity index is 2.13. The van der Waals surface area contributed by atoms with Crippen LogP contribution >= 0.6 is 11.8 Å². The molecule has 2 N–H and O–H groups in total. The van der Waals surface area contributed by atoms with Crippen LogP contribution in [0, 0.1) is 5.92 Å². The van der Waals surface area contributed by atoms with Gasteiger partial charge in [-0.3, -0.25) is 9.59 Å². The number of nitrogens with one attached hydrogen (secondary N) is 1. The van der Waals surface area contributed by atoms with Crippen molar-refractivity contribution in [1.29, 1.82) is 0 Å². The molecule has 4 nitrogen and oxygen atoms in total. The van der Waals surface area contributed by atoms with Gasteiger partial charge in [-0.05, 0) is 18.8 Å². The third kappa shape index (κ3) is 5.96. The zero-order chi connectivity index (χ0) is 12.7. The summed E-state index contributed by atoms with van der Waals surface area (Å²) >= 11 is 1.39. The molecule has 2 atom stereocenters. The van der Waals surface area contributed by atoms with Gasteiger partial charge in [-0.1, -0.05) is 19.8 Å². The second-order valence-electron chi connectivity index (χ2n) is 4.63. The largest absolute Gasteiger partial charge is 0.481 e. The van der Waals surface area contributed by atoms with E-state index in [1.807, 2.05) is 0 Å². The molecule has 0 aromatic heterocycles. The first-order chi connectivity index (χ1) is 8.09. The van der Waals surface area contributed by atoms with Gasteiger partial charge in [0.25, 0.3) is 0 Å². The van der Waals surface area contributed by atoms with Crippen molar-refractivity contribution in [3.8, 4) is 0 Å². The molecule has 1 amide bonds. The second-order valence-corrected chi connectivity index (χ2v) is 5.74. The molecule has 0 saturated heterocycles. The summed E-state index contributed by atoms with van der Waals surface area (Å²) in [5, 5.41) is 11.5. The van der Waals surface area contributed by atoms with Crippen molar-refractivity contribution >= 4 is 23.6 Å². The van der Waals surface area contributed by atoms with Crippen molar-refractivity contribution in [3.05, 3.63) is 0 Å². The lowest BCUT2D eigenvalue weighted by Crippen LogP contribution is -2.41. The molecule has 5 heteroatoms. The Morgan fingerprint density at radius 3 is 2.71 bits per heavy atom. The number of thioether (sulfide) groups is 1. The molecule has 0 bridgehead atoms. The van der Waals surface area contributed by atoms with Gasteiger partial charge in [0.15, 0.2) is 0 Å². The van der Waals surface area contributed by atoms with E-state index in [4.69, 9.17) is 5.11 Å². The third-order valence-electron chi connectivity index (χ3n) is 3.15. The number of carboxylic acids is 1. The molecule has 0 spiro atoms. The average Bonchev–Trinajstić information content (AvgIpc) is 2.27. The summed E-state index contributed by atoms with van der Waals surface area (Å²) in [4.78, 5) is 21.9. The molecule has 0 aromatic carbocycles. The lowest BCUT2D eigenvalue weighted by molar-refractivity contribution is -0.136. The highest BCUT2D eigenvalue weighted by molar-refractivity contribution is 7.99. The predicted octanol–water partition coefficient (Wildman–Crippen LogP) is 1.89. The Bertz CT molecular complexity index is 270. The van der Waals surface area contributed by atoms with Crippen molar-refractivity contribution < 1.29 is 14.7 Å². The highest BCUT2D eigenvalue weighted by Gasteiger charge is 2.22. The van der Waals surface area contributed by atoms with E-state index in [1.165, 1.54) is 31.0 Å². The van der Waals surface area contributed by atoms with Crippen molar-refractivity contribution in [2.45, 2.75) is 45.1 Å². The van der Waals surface area contributed by atoms with Crippen molar-refractivity contribution in [2.24, 2.45) is 5.92 Å². The summed E-state index contributed by atoms with van der Waals surface area (Å²) in [6.07, 6.45) is 4.85. The van der Waals surface area contributed by atoms with Crippen LogP contribution in [-0.2, 0) is 9.59 Å². The van der Waals surface area contributed by atoms with Crippen LogP contribution in [0.2, 0.25) is 0 Å². The Morgan fingerprint density at radius 2 is 2.06 bits per heavy atom. The van der Waals surface area contributed by atoms with E-state index in [0.29, 0.717) is 23.5 Å². The molecule has 0 aliphatic heterocycles. The van der Waals surface area contributed by atoms with Gasteiger partial charge < -0.3 is 10.4 Å². The zero-order valence-electron chi connectivity index (χ0n) is 10.3. The van der Waals surface area contributed by atoms with Crippen LogP contribution in [0.15, 0.2) is 0 Å². The van der Waals surface area contributed by atoms with E-state index in [9.17, 15) is 9.59 Å². The predicted molar refractivity (Wildman–Crippen MR) is 69.1 cm³/mol. The fourth-order valence-electron chi connectivity index (χ4n) is 2.10. The molecular formula is C12H21NO3S. The molecule has 1 fully saturated rings. The number of hydrogen-bond donors (Lipinski definition) is 2. The molecule has 0 aromatic rings. The lowest BCUT2D eigenvalue weighted by Gasteiger charge is -2.29. The van der Waals surface area contributed by atoms with Gasteiger partial charge in [-0.2, -0.15) is 11.8 Å². The first kappa shape index (κ1) is 14.4. The minimum atomic E-state index is -0.807. The summed E-state index contributed by atoms with van der Waals surface area (Å²) in [7, 11) is 0. The zero-order valence-corrected chi connectivity index (χ0v) is 11.1. The van der Waals surface area contributed by atoms with Crippen LogP contribution in [0.1, 0.15) is 39.0 Å². The number of carbonyl (C=O) groups is 2. The Labute approximate surface area is 107 Å². The summed E-state index contributed by atoms with van der Waals surface area (Å²) in [6.45, 7) is 2.18. The average molecular weight is 259 g/mol. The van der Waals surface area contributed by atoms with E-state index in [2.05, 4.69) is 12.2 Å². The van der Waals surface area contributed by atoms with Gasteiger partial charge >= 0.3 is 5.97 Å². The molecule has 1 rings (SSSR count). The maximum atomic E-state index is 11.6. The van der Waals surface area contributed by atoms with Crippen LogP contribution in [0.4, 0.5) is 0 Å². The van der Waals surface area contributed by atoms with Gasteiger partial charge in [-0.25, -0.2) is 0 Å². The van der Waals surface area contributed by atoms with Gasteiger partial charge in [0.2, 0.25) is 5.91 Å². The third-order valence-corrected chi connectivity index (χ3v) is 4.11. The summed E-state index contributed by atoms with van der Waals surface area (Å²) in [6, 6.07) is 0.316. The molecular weight excluding hydrogens is 238 g/mol. The van der Waals surface area contributed by atoms with Crippen molar-refractivity contribution in [1.82, 2.24) is 5.32 Å². The number of rotatable bonds is 6. The maximum absolute atomic E-state index is 11.6. The first-order valence-corrected chi connectivity index (χ1v) is 7.34. The fourth-order valence-corrected chi connectivity index (χ4v) is 2.84. The molecule has 17 heavy (non-hydrogen) atoms. The van der Waals surface area contributed by atoms with E-state index in [1.54, 1.807) is 0 Å². The van der Waals surface area contributed by atoms with E-state index in [0.717, 1.165) is 6.42 Å². The lowest BCUT2D eigenvalue weighted by atomic mass is 9.86. The van der Waals surface area contributed by atoms with Gasteiger partial charge in [-0.15, -0.1) is 0 Å². The molecule has 0 heterocycles. The highest BCUT2D eigenvalue weighted by atomic mass is 32.2. The molecule has 98 valence electrons. The minimum absolute atomic E-state index is 0.0409. The molecule has 1 saturated carbocycles. The first-order valence-electron chi connectivity index (χ1n) is 6.18. The topological polar surface area (TPSA) is 66.4 Å². The van der Waals surface area contributed by atoms with Crippen LogP contribution in [0.3, 0.4) is 0 Å². The molecule has 0 unspecified atom stereocenters. The monoisotopic (exact) mass is 259 g/mol. The summed E-state index contributed by atoms with van der Waals surface area (Å²) in [5.74, 6) is 0.675. The standard InChI is InChI=1S/C12H21NO3S/c1-9-4-2-3-5-10(9)13-11(14)8-17-7-6-12(15)16/h9-10H,2-8H2,1H3,(H,13,14)(H,15,16)/t9-,10-/m1/s1. The maximum Gasteiger partial charge on any atom is 0.304 e. The van der Waals surface area contributed by atoms with E-state index < -0.39 is 5.97 Å². The summed E-state index contributed by atoms with van der Waals surface area (Å²) in [5.41, 5.74) is 0. The minimum Gasteiger partial charge on any atom is -0.481 e. The molecule has 0 radical (unpaired) electrons. The van der Waals surface area contributed by atoms with Crippen molar-refractivity contribution in [2.75, 3.05) is 11.5 Å². The second kappa shape index (κ2) is 7.58. The molecule has 1 aliphatic rings. The van der Waals surface area contributed by atoms with Gasteiger partial charge in [0.05, 0.1) is 12.2 Å². The Morgan fingerprint density at radius 1 is 1.35 bits per heavy atom.